The van der Waals surface area contributed by atoms with E-state index in [0.29, 0.717) is 11.1 Å². The molecule has 10 nitrogen and oxygen atoms in total. The maximum atomic E-state index is 11.3. The number of nitrogens with one attached hydrogen (secondary N) is 1. The Morgan fingerprint density at radius 3 is 1.87 bits per heavy atom. The molecular formula is C13H6N4O6. The van der Waals surface area contributed by atoms with E-state index in [4.69, 9.17) is 5.41 Å². The Morgan fingerprint density at radius 1 is 0.783 bits per heavy atom. The third-order valence-corrected chi connectivity index (χ3v) is 3.55. The molecule has 0 heterocycles. The summed E-state index contributed by atoms with van der Waals surface area (Å²) in [5, 5.41) is 41.7. The molecule has 1 N–H and O–H groups in total. The van der Waals surface area contributed by atoms with Crippen LogP contribution in [0.1, 0.15) is 11.1 Å². The molecule has 23 heavy (non-hydrogen) atoms. The van der Waals surface area contributed by atoms with Crippen LogP contribution in [0.25, 0.3) is 11.1 Å². The molecule has 0 unspecified atom stereocenters. The second-order valence-corrected chi connectivity index (χ2v) is 4.71. The largest absolute Gasteiger partial charge is 0.423 e. The zero-order valence-electron chi connectivity index (χ0n) is 11.2. The molecule has 10 heteroatoms. The third kappa shape index (κ3) is 1.85. The molecule has 0 saturated carbocycles. The summed E-state index contributed by atoms with van der Waals surface area (Å²) in [5.74, 6) is 0. The van der Waals surface area contributed by atoms with Gasteiger partial charge >= 0.3 is 17.1 Å². The van der Waals surface area contributed by atoms with E-state index in [2.05, 4.69) is 0 Å². The van der Waals surface area contributed by atoms with Crippen molar-refractivity contribution >= 4 is 22.8 Å². The van der Waals surface area contributed by atoms with Crippen LogP contribution in [0.5, 0.6) is 0 Å². The first-order valence-electron chi connectivity index (χ1n) is 6.17. The average Bonchev–Trinajstić information content (AvgIpc) is 2.78. The first-order valence-corrected chi connectivity index (χ1v) is 6.17. The monoisotopic (exact) mass is 314 g/mol. The summed E-state index contributed by atoms with van der Waals surface area (Å²) in [4.78, 5) is 30.4. The van der Waals surface area contributed by atoms with E-state index in [0.717, 1.165) is 6.07 Å². The summed E-state index contributed by atoms with van der Waals surface area (Å²) in [5.41, 5.74) is -2.93. The van der Waals surface area contributed by atoms with Gasteiger partial charge in [-0.05, 0) is 5.56 Å². The standard InChI is InChI=1S/C13H6N4O6/c14-11-7-4-2-1-3-6(7)8-5-9(15(18)19)12(16(20)21)13(10(8)11)17(22)23/h1-5,14H. The van der Waals surface area contributed by atoms with Gasteiger partial charge in [-0.3, -0.25) is 35.8 Å². The summed E-state index contributed by atoms with van der Waals surface area (Å²) >= 11 is 0. The summed E-state index contributed by atoms with van der Waals surface area (Å²) in [6, 6.07) is 7.21. The smallest absolute Gasteiger partial charge is 0.299 e. The van der Waals surface area contributed by atoms with Gasteiger partial charge in [0, 0.05) is 17.2 Å². The average molecular weight is 314 g/mol. The lowest BCUT2D eigenvalue weighted by atomic mass is 10.0. The van der Waals surface area contributed by atoms with Crippen molar-refractivity contribution in [2.75, 3.05) is 0 Å². The van der Waals surface area contributed by atoms with Crippen LogP contribution in [0.4, 0.5) is 17.1 Å². The van der Waals surface area contributed by atoms with E-state index < -0.39 is 31.8 Å². The van der Waals surface area contributed by atoms with E-state index in [1.807, 2.05) is 0 Å². The van der Waals surface area contributed by atoms with Crippen molar-refractivity contribution in [2.45, 2.75) is 0 Å². The fourth-order valence-corrected chi connectivity index (χ4v) is 2.68. The van der Waals surface area contributed by atoms with Crippen molar-refractivity contribution in [1.29, 1.82) is 5.41 Å². The molecule has 0 aliphatic heterocycles. The van der Waals surface area contributed by atoms with Gasteiger partial charge in [0.2, 0.25) is 0 Å². The molecule has 0 fully saturated rings. The van der Waals surface area contributed by atoms with Crippen molar-refractivity contribution in [1.82, 2.24) is 0 Å². The maximum Gasteiger partial charge on any atom is 0.423 e. The fourth-order valence-electron chi connectivity index (χ4n) is 2.68. The lowest BCUT2D eigenvalue weighted by Gasteiger charge is -2.03. The lowest BCUT2D eigenvalue weighted by Crippen LogP contribution is -2.07. The third-order valence-electron chi connectivity index (χ3n) is 3.55. The molecule has 3 rings (SSSR count). The zero-order chi connectivity index (χ0) is 16.9. The highest BCUT2D eigenvalue weighted by atomic mass is 16.6. The number of nitro groups is 3. The second kappa shape index (κ2) is 4.66. The van der Waals surface area contributed by atoms with E-state index in [1.165, 1.54) is 6.07 Å². The van der Waals surface area contributed by atoms with E-state index in [-0.39, 0.29) is 16.8 Å². The van der Waals surface area contributed by atoms with Crippen LogP contribution in [0.2, 0.25) is 0 Å². The quantitative estimate of drug-likeness (QED) is 0.579. The van der Waals surface area contributed by atoms with Gasteiger partial charge in [0.1, 0.15) is 0 Å². The van der Waals surface area contributed by atoms with Crippen LogP contribution in [-0.4, -0.2) is 20.5 Å². The topological polar surface area (TPSA) is 153 Å². The minimum Gasteiger partial charge on any atom is -0.299 e. The Labute approximate surface area is 126 Å². The molecular weight excluding hydrogens is 308 g/mol. The van der Waals surface area contributed by atoms with Crippen molar-refractivity contribution in [3.63, 3.8) is 0 Å². The van der Waals surface area contributed by atoms with Gasteiger partial charge in [0.25, 0.3) is 0 Å². The molecule has 1 aliphatic carbocycles. The number of benzene rings is 2. The molecule has 2 aromatic carbocycles. The molecule has 1 aliphatic rings. The van der Waals surface area contributed by atoms with E-state index in [1.54, 1.807) is 18.2 Å². The maximum absolute atomic E-state index is 11.3. The van der Waals surface area contributed by atoms with Gasteiger partial charge < -0.3 is 0 Å². The Balaban J connectivity index is 2.52. The van der Waals surface area contributed by atoms with Crippen LogP contribution in [0.15, 0.2) is 30.3 Å². The van der Waals surface area contributed by atoms with Gasteiger partial charge in [0.15, 0.2) is 0 Å². The van der Waals surface area contributed by atoms with Crippen LogP contribution < -0.4 is 0 Å². The molecule has 0 bridgehead atoms. The number of fused-ring (bicyclic) bond motifs is 3. The Bertz CT molecular complexity index is 936. The number of hydrogen-bond acceptors (Lipinski definition) is 7. The summed E-state index contributed by atoms with van der Waals surface area (Å²) in [6.45, 7) is 0. The highest BCUT2D eigenvalue weighted by Gasteiger charge is 2.44. The predicted octanol–water partition coefficient (Wildman–Crippen LogP) is 2.81. The Hall–Kier alpha value is -3.69. The fraction of sp³-hybridized carbons (Fsp3) is 0. The summed E-state index contributed by atoms with van der Waals surface area (Å²) in [6.07, 6.45) is 0. The predicted molar refractivity (Wildman–Crippen MR) is 77.8 cm³/mol. The van der Waals surface area contributed by atoms with Gasteiger partial charge in [-0.1, -0.05) is 24.3 Å². The van der Waals surface area contributed by atoms with Gasteiger partial charge in [0.05, 0.1) is 26.0 Å². The molecule has 0 saturated heterocycles. The van der Waals surface area contributed by atoms with Crippen molar-refractivity contribution in [2.24, 2.45) is 0 Å². The van der Waals surface area contributed by atoms with Gasteiger partial charge in [-0.15, -0.1) is 0 Å². The number of hydrogen-bond donors (Lipinski definition) is 1. The first kappa shape index (κ1) is 14.3. The van der Waals surface area contributed by atoms with Crippen LogP contribution in [0.3, 0.4) is 0 Å². The molecule has 114 valence electrons. The number of rotatable bonds is 3. The first-order chi connectivity index (χ1) is 10.8. The highest BCUT2D eigenvalue weighted by Crippen LogP contribution is 2.49. The van der Waals surface area contributed by atoms with E-state index in [9.17, 15) is 30.3 Å². The SMILES string of the molecule is N=C1c2ccccc2-c2cc([N+](=O)[O-])c([N+](=O)[O-])c([N+](=O)[O-])c21. The minimum atomic E-state index is -1.21. The molecule has 0 radical (unpaired) electrons. The van der Waals surface area contributed by atoms with Crippen molar-refractivity contribution < 1.29 is 14.8 Å². The van der Waals surface area contributed by atoms with E-state index >= 15 is 0 Å². The molecule has 0 aromatic heterocycles. The molecule has 0 atom stereocenters. The normalized spacial score (nSPS) is 11.7. The Kier molecular flexibility index (Phi) is 2.89. The zero-order valence-corrected chi connectivity index (χ0v) is 11.2. The van der Waals surface area contributed by atoms with Crippen molar-refractivity contribution in [3.05, 3.63) is 71.8 Å². The lowest BCUT2D eigenvalue weighted by molar-refractivity contribution is -0.441. The minimum absolute atomic E-state index is 0.0783. The van der Waals surface area contributed by atoms with Crippen LogP contribution in [-0.2, 0) is 0 Å². The van der Waals surface area contributed by atoms with Gasteiger partial charge in [-0.25, -0.2) is 0 Å². The van der Waals surface area contributed by atoms with Crippen LogP contribution in [0, 0.1) is 35.8 Å². The summed E-state index contributed by atoms with van der Waals surface area (Å²) in [7, 11) is 0. The molecule has 0 amide bonds. The van der Waals surface area contributed by atoms with Gasteiger partial charge in [-0.2, -0.15) is 0 Å². The second-order valence-electron chi connectivity index (χ2n) is 4.71. The van der Waals surface area contributed by atoms with Crippen LogP contribution >= 0.6 is 0 Å². The molecule has 2 aromatic rings. The number of nitro benzene ring substituents is 3. The summed E-state index contributed by atoms with van der Waals surface area (Å²) < 4.78 is 0. The number of nitrogens with zero attached hydrogens (tertiary/aromatic N) is 3. The Morgan fingerprint density at radius 2 is 1.35 bits per heavy atom. The highest BCUT2D eigenvalue weighted by molar-refractivity contribution is 6.26. The van der Waals surface area contributed by atoms with Crippen molar-refractivity contribution in [3.8, 4) is 11.1 Å². The molecule has 0 spiro atoms.